The maximum absolute atomic E-state index is 12.7. The fourth-order valence-electron chi connectivity index (χ4n) is 3.12. The van der Waals surface area contributed by atoms with Crippen LogP contribution in [0.5, 0.6) is 0 Å². The van der Waals surface area contributed by atoms with Crippen molar-refractivity contribution in [1.82, 2.24) is 4.98 Å². The first-order valence-corrected chi connectivity index (χ1v) is 10.6. The van der Waals surface area contributed by atoms with Crippen LogP contribution in [-0.4, -0.2) is 37.2 Å². The summed E-state index contributed by atoms with van der Waals surface area (Å²) in [6.07, 6.45) is 1.50. The summed E-state index contributed by atoms with van der Waals surface area (Å²) in [5.41, 5.74) is 0.714. The van der Waals surface area contributed by atoms with Crippen molar-refractivity contribution in [3.63, 3.8) is 0 Å². The minimum atomic E-state index is -4.89. The smallest absolute Gasteiger partial charge is 0.341 e. The van der Waals surface area contributed by atoms with Crippen molar-refractivity contribution in [2.45, 2.75) is 36.3 Å². The van der Waals surface area contributed by atoms with Crippen molar-refractivity contribution in [3.8, 4) is 0 Å². The summed E-state index contributed by atoms with van der Waals surface area (Å²) < 4.78 is 48.6. The molecule has 0 aliphatic carbocycles. The molecule has 0 N–H and O–H groups in total. The highest BCUT2D eigenvalue weighted by molar-refractivity contribution is 7.91. The number of sulfone groups is 1. The first-order valence-electron chi connectivity index (χ1n) is 8.17. The second-order valence-corrected chi connectivity index (χ2v) is 9.11. The zero-order valence-corrected chi connectivity index (χ0v) is 16.0. The number of hydrogen-bond donors (Lipinski definition) is 0. The van der Waals surface area contributed by atoms with Crippen molar-refractivity contribution in [1.29, 1.82) is 0 Å². The molecule has 1 aromatic heterocycles. The van der Waals surface area contributed by atoms with Gasteiger partial charge in [-0.1, -0.05) is 0 Å². The highest BCUT2D eigenvalue weighted by atomic mass is 32.2. The number of aromatic nitrogens is 1. The summed E-state index contributed by atoms with van der Waals surface area (Å²) in [5.74, 6) is -3.35. The molecule has 3 rings (SSSR count). The molecule has 27 heavy (non-hydrogen) atoms. The molecule has 0 saturated carbocycles. The number of benzene rings is 1. The van der Waals surface area contributed by atoms with Crippen LogP contribution < -0.4 is 4.90 Å². The Morgan fingerprint density at radius 2 is 2.00 bits per heavy atom. The number of piperidine rings is 1. The van der Waals surface area contributed by atoms with Gasteiger partial charge in [0.05, 0.1) is 14.8 Å². The number of halogens is 2. The van der Waals surface area contributed by atoms with Crippen LogP contribution in [0, 0.1) is 17.0 Å². The van der Waals surface area contributed by atoms with E-state index in [1.807, 2.05) is 12.3 Å². The SMILES string of the molecule is Cc1csc(C2CCN(c3ccc(S(=O)(=O)C(F)F)cc3[N+](=O)[O-])CC2)n1. The zero-order chi connectivity index (χ0) is 19.8. The number of nitrogens with zero attached hydrogens (tertiary/aromatic N) is 3. The molecule has 0 amide bonds. The lowest BCUT2D eigenvalue weighted by molar-refractivity contribution is -0.384. The lowest BCUT2D eigenvalue weighted by Crippen LogP contribution is -2.33. The van der Waals surface area contributed by atoms with Crippen molar-refractivity contribution in [2.75, 3.05) is 18.0 Å². The molecule has 2 heterocycles. The van der Waals surface area contributed by atoms with Gasteiger partial charge in [0.15, 0.2) is 0 Å². The van der Waals surface area contributed by atoms with Gasteiger partial charge in [-0.25, -0.2) is 13.4 Å². The average molecular weight is 417 g/mol. The number of nitro groups is 1. The largest absolute Gasteiger partial charge is 0.366 e. The van der Waals surface area contributed by atoms with Gasteiger partial charge in [-0.05, 0) is 31.9 Å². The molecule has 1 aliphatic rings. The molecular weight excluding hydrogens is 400 g/mol. The monoisotopic (exact) mass is 417 g/mol. The summed E-state index contributed by atoms with van der Waals surface area (Å²) in [7, 11) is -4.89. The van der Waals surface area contributed by atoms with Crippen LogP contribution in [0.4, 0.5) is 20.2 Å². The van der Waals surface area contributed by atoms with E-state index < -0.39 is 31.1 Å². The molecule has 2 aromatic rings. The molecule has 146 valence electrons. The highest BCUT2D eigenvalue weighted by Crippen LogP contribution is 2.37. The maximum atomic E-state index is 12.7. The third kappa shape index (κ3) is 3.93. The van der Waals surface area contributed by atoms with Crippen LogP contribution in [0.2, 0.25) is 0 Å². The van der Waals surface area contributed by atoms with Crippen molar-refractivity contribution < 1.29 is 22.1 Å². The Morgan fingerprint density at radius 1 is 1.33 bits per heavy atom. The zero-order valence-electron chi connectivity index (χ0n) is 14.3. The van der Waals surface area contributed by atoms with Crippen molar-refractivity contribution in [2.24, 2.45) is 0 Å². The molecule has 1 fully saturated rings. The predicted octanol–water partition coefficient (Wildman–Crippen LogP) is 3.74. The lowest BCUT2D eigenvalue weighted by Gasteiger charge is -2.32. The summed E-state index contributed by atoms with van der Waals surface area (Å²) >= 11 is 1.59. The molecular formula is C16H17F2N3O4S2. The molecule has 0 radical (unpaired) electrons. The van der Waals surface area contributed by atoms with E-state index in [9.17, 15) is 27.3 Å². The Hall–Kier alpha value is -2.14. The molecule has 0 spiro atoms. The van der Waals surface area contributed by atoms with Gasteiger partial charge in [-0.2, -0.15) is 8.78 Å². The topological polar surface area (TPSA) is 93.4 Å². The number of alkyl halides is 2. The lowest BCUT2D eigenvalue weighted by atomic mass is 9.97. The predicted molar refractivity (Wildman–Crippen MR) is 97.3 cm³/mol. The van der Waals surface area contributed by atoms with Gasteiger partial charge in [0.1, 0.15) is 5.69 Å². The quantitative estimate of drug-likeness (QED) is 0.543. The Balaban J connectivity index is 1.84. The first-order chi connectivity index (χ1) is 12.7. The third-order valence-electron chi connectivity index (χ3n) is 4.53. The van der Waals surface area contributed by atoms with E-state index in [-0.39, 0.29) is 11.6 Å². The van der Waals surface area contributed by atoms with Gasteiger partial charge in [-0.15, -0.1) is 11.3 Å². The summed E-state index contributed by atoms with van der Waals surface area (Å²) in [6.45, 7) is 2.99. The number of rotatable bonds is 5. The molecule has 1 aliphatic heterocycles. The van der Waals surface area contributed by atoms with E-state index in [0.717, 1.165) is 29.6 Å². The van der Waals surface area contributed by atoms with Gasteiger partial charge in [-0.3, -0.25) is 10.1 Å². The summed E-state index contributed by atoms with van der Waals surface area (Å²) in [6, 6.07) is 2.95. The normalized spacial score (nSPS) is 16.1. The number of hydrogen-bond acceptors (Lipinski definition) is 7. The van der Waals surface area contributed by atoms with Crippen LogP contribution in [0.15, 0.2) is 28.5 Å². The van der Waals surface area contributed by atoms with E-state index in [4.69, 9.17) is 0 Å². The molecule has 1 aromatic carbocycles. The van der Waals surface area contributed by atoms with Gasteiger partial charge >= 0.3 is 5.76 Å². The Labute approximate surface area is 158 Å². The van der Waals surface area contributed by atoms with E-state index in [0.29, 0.717) is 19.2 Å². The summed E-state index contributed by atoms with van der Waals surface area (Å²) in [4.78, 5) is 16.2. The molecule has 1 saturated heterocycles. The standard InChI is InChI=1S/C16H17F2N3O4S2/c1-10-9-26-15(19-10)11-4-6-20(7-5-11)13-3-2-12(8-14(13)21(22)23)27(24,25)16(17)18/h2-3,8-9,11,16H,4-7H2,1H3. The van der Waals surface area contributed by atoms with Crippen LogP contribution in [0.3, 0.4) is 0 Å². The minimum absolute atomic E-state index is 0.238. The maximum Gasteiger partial charge on any atom is 0.341 e. The number of aryl methyl sites for hydroxylation is 1. The fraction of sp³-hybridized carbons (Fsp3) is 0.438. The molecule has 11 heteroatoms. The van der Waals surface area contributed by atoms with Gasteiger partial charge in [0.25, 0.3) is 5.69 Å². The second-order valence-electron chi connectivity index (χ2n) is 6.30. The van der Waals surface area contributed by atoms with E-state index in [2.05, 4.69) is 4.98 Å². The molecule has 7 nitrogen and oxygen atoms in total. The van der Waals surface area contributed by atoms with Crippen LogP contribution >= 0.6 is 11.3 Å². The van der Waals surface area contributed by atoms with Crippen molar-refractivity contribution in [3.05, 3.63) is 44.4 Å². The summed E-state index contributed by atoms with van der Waals surface area (Å²) in [5, 5.41) is 14.4. The van der Waals surface area contributed by atoms with Crippen LogP contribution in [-0.2, 0) is 9.84 Å². The van der Waals surface area contributed by atoms with E-state index in [1.54, 1.807) is 16.2 Å². The minimum Gasteiger partial charge on any atom is -0.366 e. The van der Waals surface area contributed by atoms with Gasteiger partial charge in [0, 0.05) is 36.1 Å². The average Bonchev–Trinajstić information content (AvgIpc) is 3.07. The second kappa shape index (κ2) is 7.47. The number of thiazole rings is 1. The van der Waals surface area contributed by atoms with Crippen LogP contribution in [0.1, 0.15) is 29.5 Å². The fourth-order valence-corrected chi connectivity index (χ4v) is 4.83. The molecule has 0 atom stereocenters. The third-order valence-corrected chi connectivity index (χ3v) is 7.03. The number of nitro benzene ring substituents is 1. The molecule has 0 bridgehead atoms. The van der Waals surface area contributed by atoms with Gasteiger partial charge < -0.3 is 4.90 Å². The van der Waals surface area contributed by atoms with Gasteiger partial charge in [0.2, 0.25) is 9.84 Å². The van der Waals surface area contributed by atoms with E-state index in [1.165, 1.54) is 6.07 Å². The number of anilines is 1. The van der Waals surface area contributed by atoms with E-state index >= 15 is 0 Å². The molecule has 0 unspecified atom stereocenters. The Kier molecular flexibility index (Phi) is 5.43. The Bertz CT molecular complexity index is 954. The first kappa shape index (κ1) is 19.6. The van der Waals surface area contributed by atoms with Crippen molar-refractivity contribution >= 4 is 32.5 Å². The van der Waals surface area contributed by atoms with Crippen LogP contribution in [0.25, 0.3) is 0 Å². The Morgan fingerprint density at radius 3 is 2.52 bits per heavy atom. The highest BCUT2D eigenvalue weighted by Gasteiger charge is 2.32.